The van der Waals surface area contributed by atoms with Gasteiger partial charge >= 0.3 is 6.09 Å². The Hall–Kier alpha value is -5.39. The van der Waals surface area contributed by atoms with Gasteiger partial charge in [0.2, 0.25) is 11.8 Å². The molecule has 0 fully saturated rings. The summed E-state index contributed by atoms with van der Waals surface area (Å²) in [4.78, 5) is 56.2. The van der Waals surface area contributed by atoms with Crippen LogP contribution < -0.4 is 10.1 Å². The van der Waals surface area contributed by atoms with Gasteiger partial charge in [-0.25, -0.2) is 14.8 Å². The van der Waals surface area contributed by atoms with Crippen molar-refractivity contribution in [3.8, 4) is 28.1 Å². The summed E-state index contributed by atoms with van der Waals surface area (Å²) < 4.78 is 6.32. The van der Waals surface area contributed by atoms with Crippen molar-refractivity contribution in [1.82, 2.24) is 35.1 Å². The van der Waals surface area contributed by atoms with Gasteiger partial charge in [-0.1, -0.05) is 52.3 Å². The number of imidazole rings is 2. The SMILES string of the molecule is CCCN(Cc1ncc(-c2ccc3c(c2)COc2cc4c(ccc5nc(CN(CCC)C(=O)CNC(=O)O)[nH]c54)cc2-3)[nH]1)C(=O)C[C@@H](C)CC. The summed E-state index contributed by atoms with van der Waals surface area (Å²) in [5.74, 6) is 2.40. The molecule has 0 bridgehead atoms. The molecule has 1 aliphatic rings. The Labute approximate surface area is 291 Å². The lowest BCUT2D eigenvalue weighted by atomic mass is 9.92. The number of ether oxygens (including phenoxy) is 1. The third-order valence-electron chi connectivity index (χ3n) is 9.33. The minimum atomic E-state index is -1.23. The molecule has 0 unspecified atom stereocenters. The smallest absolute Gasteiger partial charge is 0.405 e. The van der Waals surface area contributed by atoms with Gasteiger partial charge in [0.25, 0.3) is 0 Å². The zero-order chi connectivity index (χ0) is 35.4. The molecular formula is C38H45N7O5. The van der Waals surface area contributed by atoms with Gasteiger partial charge in [0.1, 0.15) is 30.5 Å². The zero-order valence-corrected chi connectivity index (χ0v) is 29.1. The molecule has 0 spiro atoms. The number of nitrogens with one attached hydrogen (secondary N) is 3. The summed E-state index contributed by atoms with van der Waals surface area (Å²) in [6, 6.07) is 14.5. The second kappa shape index (κ2) is 15.0. The van der Waals surface area contributed by atoms with E-state index >= 15 is 0 Å². The highest BCUT2D eigenvalue weighted by Gasteiger charge is 2.22. The minimum absolute atomic E-state index is 0.169. The average molecular weight is 680 g/mol. The number of aromatic nitrogens is 4. The van der Waals surface area contributed by atoms with Gasteiger partial charge in [-0.05, 0) is 65.1 Å². The molecule has 4 N–H and O–H groups in total. The van der Waals surface area contributed by atoms with Gasteiger partial charge in [-0.3, -0.25) is 9.59 Å². The molecule has 0 saturated heterocycles. The molecule has 6 rings (SSSR count). The van der Waals surface area contributed by atoms with E-state index in [1.807, 2.05) is 36.2 Å². The van der Waals surface area contributed by atoms with E-state index in [9.17, 15) is 14.4 Å². The molecule has 12 nitrogen and oxygen atoms in total. The lowest BCUT2D eigenvalue weighted by molar-refractivity contribution is -0.133. The number of fused-ring (bicyclic) bond motifs is 6. The van der Waals surface area contributed by atoms with Crippen LogP contribution in [0.4, 0.5) is 4.79 Å². The van der Waals surface area contributed by atoms with E-state index in [2.05, 4.69) is 65.3 Å². The van der Waals surface area contributed by atoms with Gasteiger partial charge in [0.15, 0.2) is 0 Å². The monoisotopic (exact) mass is 679 g/mol. The van der Waals surface area contributed by atoms with E-state index in [0.717, 1.165) is 80.6 Å². The maximum atomic E-state index is 12.9. The first-order chi connectivity index (χ1) is 24.2. The van der Waals surface area contributed by atoms with Crippen LogP contribution >= 0.6 is 0 Å². The molecule has 2 aromatic heterocycles. The fraction of sp³-hybridized carbons (Fsp3) is 0.395. The van der Waals surface area contributed by atoms with Crippen molar-refractivity contribution in [2.75, 3.05) is 19.6 Å². The first-order valence-electron chi connectivity index (χ1n) is 17.4. The fourth-order valence-corrected chi connectivity index (χ4v) is 6.50. The first kappa shape index (κ1) is 34.5. The molecule has 0 radical (unpaired) electrons. The molecule has 1 aliphatic heterocycles. The number of nitrogens with zero attached hydrogens (tertiary/aromatic N) is 4. The molecule has 3 heterocycles. The van der Waals surface area contributed by atoms with Crippen LogP contribution in [0, 0.1) is 5.92 Å². The van der Waals surface area contributed by atoms with Crippen molar-refractivity contribution in [2.45, 2.75) is 73.1 Å². The van der Waals surface area contributed by atoms with E-state index in [4.69, 9.17) is 14.8 Å². The summed E-state index contributed by atoms with van der Waals surface area (Å²) in [7, 11) is 0. The Balaban J connectivity index is 1.22. The second-order valence-corrected chi connectivity index (χ2v) is 13.1. The Bertz CT molecular complexity index is 2030. The maximum Gasteiger partial charge on any atom is 0.405 e. The lowest BCUT2D eigenvalue weighted by Gasteiger charge is -2.23. The Kier molecular flexibility index (Phi) is 10.4. The van der Waals surface area contributed by atoms with Crippen molar-refractivity contribution in [2.24, 2.45) is 5.92 Å². The van der Waals surface area contributed by atoms with Gasteiger partial charge < -0.3 is 34.9 Å². The van der Waals surface area contributed by atoms with Crippen LogP contribution in [0.25, 0.3) is 44.2 Å². The predicted octanol–water partition coefficient (Wildman–Crippen LogP) is 6.85. The van der Waals surface area contributed by atoms with E-state index in [1.165, 1.54) is 0 Å². The fourth-order valence-electron chi connectivity index (χ4n) is 6.50. The number of carbonyl (C=O) groups excluding carboxylic acids is 2. The number of H-pyrrole nitrogens is 2. The second-order valence-electron chi connectivity index (χ2n) is 13.1. The largest absolute Gasteiger partial charge is 0.488 e. The molecule has 3 aromatic carbocycles. The van der Waals surface area contributed by atoms with Crippen molar-refractivity contribution < 1.29 is 24.2 Å². The maximum absolute atomic E-state index is 12.9. The van der Waals surface area contributed by atoms with Crippen molar-refractivity contribution >= 4 is 39.7 Å². The number of hydrogen-bond donors (Lipinski definition) is 4. The van der Waals surface area contributed by atoms with E-state index in [0.29, 0.717) is 44.4 Å². The normalized spacial score (nSPS) is 12.6. The molecule has 50 heavy (non-hydrogen) atoms. The van der Waals surface area contributed by atoms with Gasteiger partial charge in [-0.15, -0.1) is 0 Å². The Morgan fingerprint density at radius 1 is 0.940 bits per heavy atom. The number of carboxylic acid groups (broad SMARTS) is 1. The van der Waals surface area contributed by atoms with E-state index in [-0.39, 0.29) is 24.9 Å². The Morgan fingerprint density at radius 2 is 1.70 bits per heavy atom. The molecule has 1 atom stereocenters. The summed E-state index contributed by atoms with van der Waals surface area (Å²) >= 11 is 0. The highest BCUT2D eigenvalue weighted by molar-refractivity contribution is 6.07. The van der Waals surface area contributed by atoms with E-state index in [1.54, 1.807) is 4.90 Å². The Morgan fingerprint density at radius 3 is 2.44 bits per heavy atom. The summed E-state index contributed by atoms with van der Waals surface area (Å²) in [5.41, 5.74) is 6.72. The quantitative estimate of drug-likeness (QED) is 0.100. The van der Waals surface area contributed by atoms with Crippen LogP contribution in [-0.2, 0) is 29.3 Å². The van der Waals surface area contributed by atoms with Crippen molar-refractivity contribution in [3.63, 3.8) is 0 Å². The topological polar surface area (TPSA) is 157 Å². The van der Waals surface area contributed by atoms with E-state index < -0.39 is 6.09 Å². The first-order valence-corrected chi connectivity index (χ1v) is 17.4. The number of benzene rings is 3. The number of hydrogen-bond acceptors (Lipinski definition) is 6. The molecule has 12 heteroatoms. The van der Waals surface area contributed by atoms with Crippen LogP contribution in [0.1, 0.15) is 70.6 Å². The highest BCUT2D eigenvalue weighted by Crippen LogP contribution is 2.42. The van der Waals surface area contributed by atoms with Gasteiger partial charge in [0, 0.05) is 30.5 Å². The number of carbonyl (C=O) groups is 3. The summed E-state index contributed by atoms with van der Waals surface area (Å²) in [6.07, 6.45) is 3.76. The molecule has 5 aromatic rings. The molecule has 262 valence electrons. The third kappa shape index (κ3) is 7.44. The minimum Gasteiger partial charge on any atom is -0.488 e. The molecular weight excluding hydrogens is 634 g/mol. The average Bonchev–Trinajstić information content (AvgIpc) is 3.76. The van der Waals surface area contributed by atoms with Crippen LogP contribution in [0.3, 0.4) is 0 Å². The van der Waals surface area contributed by atoms with Gasteiger partial charge in [0.05, 0.1) is 36.0 Å². The summed E-state index contributed by atoms with van der Waals surface area (Å²) in [5, 5.41) is 13.1. The molecule has 3 amide bonds. The lowest BCUT2D eigenvalue weighted by Crippen LogP contribution is -2.40. The van der Waals surface area contributed by atoms with Crippen LogP contribution in [0.5, 0.6) is 5.75 Å². The molecule has 0 aliphatic carbocycles. The standard InChI is InChI=1S/C38H45N7O5/c1-5-12-44(35(46)14-23(4)7-3)20-33-39-18-31(42-33)25-8-10-27-26(15-25)22-50-32-17-28-24(16-29(27)32)9-11-30-37(28)43-34(41-30)21-45(13-6-2)36(47)19-40-38(48)49/h8-11,15-18,23,40H,5-7,12-14,19-22H2,1-4H3,(H,39,42)(H,41,43)(H,48,49)/t23-/m0/s1. The zero-order valence-electron chi connectivity index (χ0n) is 29.1. The predicted molar refractivity (Wildman–Crippen MR) is 192 cm³/mol. The van der Waals surface area contributed by atoms with Crippen LogP contribution in [-0.4, -0.2) is 72.4 Å². The highest BCUT2D eigenvalue weighted by atomic mass is 16.5. The summed E-state index contributed by atoms with van der Waals surface area (Å²) in [6.45, 7) is 10.3. The van der Waals surface area contributed by atoms with Crippen molar-refractivity contribution in [1.29, 1.82) is 0 Å². The van der Waals surface area contributed by atoms with Crippen LogP contribution in [0.2, 0.25) is 0 Å². The number of amides is 3. The number of aromatic amines is 2. The molecule has 0 saturated carbocycles. The number of rotatable bonds is 14. The van der Waals surface area contributed by atoms with Gasteiger partial charge in [-0.2, -0.15) is 0 Å². The third-order valence-corrected chi connectivity index (χ3v) is 9.33. The van der Waals surface area contributed by atoms with Crippen molar-refractivity contribution in [3.05, 3.63) is 65.9 Å². The van der Waals surface area contributed by atoms with Crippen LogP contribution in [0.15, 0.2) is 48.7 Å².